The topological polar surface area (TPSA) is 64.3 Å². The molecule has 3 N–H and O–H groups in total. The highest BCUT2D eigenvalue weighted by Crippen LogP contribution is 2.23. The van der Waals surface area contributed by atoms with E-state index < -0.39 is 5.60 Å². The SMILES string of the molecule is CC1CC[C@H](NC(=O)OC(C)(C)C)[C@@H](N)C1. The normalized spacial score (nSPS) is 30.9. The molecule has 0 aromatic rings. The zero-order valence-corrected chi connectivity index (χ0v) is 10.7. The van der Waals surface area contributed by atoms with Crippen molar-refractivity contribution < 1.29 is 9.53 Å². The fourth-order valence-electron chi connectivity index (χ4n) is 2.06. The molecule has 1 aliphatic carbocycles. The van der Waals surface area contributed by atoms with Gasteiger partial charge in [0.15, 0.2) is 0 Å². The van der Waals surface area contributed by atoms with Crippen LogP contribution in [0.5, 0.6) is 0 Å². The summed E-state index contributed by atoms with van der Waals surface area (Å²) in [7, 11) is 0. The summed E-state index contributed by atoms with van der Waals surface area (Å²) in [6.07, 6.45) is 2.68. The standard InChI is InChI=1S/C12H24N2O2/c1-8-5-6-10(9(13)7-8)14-11(15)16-12(2,3)4/h8-10H,5-7,13H2,1-4H3,(H,14,15)/t8?,9-,10-/m0/s1. The summed E-state index contributed by atoms with van der Waals surface area (Å²) in [4.78, 5) is 11.6. The highest BCUT2D eigenvalue weighted by molar-refractivity contribution is 5.68. The van der Waals surface area contributed by atoms with Gasteiger partial charge in [-0.3, -0.25) is 0 Å². The van der Waals surface area contributed by atoms with Crippen LogP contribution < -0.4 is 11.1 Å². The quantitative estimate of drug-likeness (QED) is 0.721. The van der Waals surface area contributed by atoms with Gasteiger partial charge in [0.05, 0.1) is 0 Å². The average Bonchev–Trinajstić information content (AvgIpc) is 2.06. The van der Waals surface area contributed by atoms with Crippen LogP contribution in [-0.4, -0.2) is 23.8 Å². The Hall–Kier alpha value is -0.770. The Morgan fingerprint density at radius 3 is 2.50 bits per heavy atom. The molecule has 94 valence electrons. The van der Waals surface area contributed by atoms with Gasteiger partial charge in [-0.15, -0.1) is 0 Å². The molecule has 1 amide bonds. The number of carbonyl (C=O) groups excluding carboxylic acids is 1. The number of ether oxygens (including phenoxy) is 1. The maximum absolute atomic E-state index is 11.6. The van der Waals surface area contributed by atoms with Gasteiger partial charge in [-0.1, -0.05) is 6.92 Å². The molecule has 0 heterocycles. The predicted octanol–water partition coefficient (Wildman–Crippen LogP) is 2.03. The number of amides is 1. The second-order valence-electron chi connectivity index (χ2n) is 5.83. The Bertz CT molecular complexity index is 248. The fourth-order valence-corrected chi connectivity index (χ4v) is 2.06. The number of nitrogens with two attached hydrogens (primary N) is 1. The molecule has 0 radical (unpaired) electrons. The van der Waals surface area contributed by atoms with Gasteiger partial charge in [0.1, 0.15) is 5.60 Å². The molecule has 4 heteroatoms. The molecular formula is C12H24N2O2. The summed E-state index contributed by atoms with van der Waals surface area (Å²) in [6.45, 7) is 7.77. The van der Waals surface area contributed by atoms with Gasteiger partial charge in [-0.25, -0.2) is 4.79 Å². The lowest BCUT2D eigenvalue weighted by Crippen LogP contribution is -2.51. The van der Waals surface area contributed by atoms with Crippen molar-refractivity contribution in [2.45, 2.75) is 64.6 Å². The molecule has 0 aromatic heterocycles. The van der Waals surface area contributed by atoms with Gasteiger partial charge in [0, 0.05) is 12.1 Å². The molecule has 0 aromatic carbocycles. The van der Waals surface area contributed by atoms with Crippen LogP contribution in [0.15, 0.2) is 0 Å². The first-order valence-corrected chi connectivity index (χ1v) is 6.03. The minimum absolute atomic E-state index is 0.0521. The predicted molar refractivity (Wildman–Crippen MR) is 64.1 cm³/mol. The molecule has 1 rings (SSSR count). The van der Waals surface area contributed by atoms with E-state index in [9.17, 15) is 4.79 Å². The van der Waals surface area contributed by atoms with Crippen LogP contribution in [0, 0.1) is 5.92 Å². The summed E-state index contributed by atoms with van der Waals surface area (Å²) < 4.78 is 5.21. The summed E-state index contributed by atoms with van der Waals surface area (Å²) in [5.74, 6) is 0.659. The van der Waals surface area contributed by atoms with Crippen molar-refractivity contribution in [3.63, 3.8) is 0 Å². The van der Waals surface area contributed by atoms with Crippen molar-refractivity contribution in [3.05, 3.63) is 0 Å². The van der Waals surface area contributed by atoms with E-state index in [-0.39, 0.29) is 18.2 Å². The average molecular weight is 228 g/mol. The highest BCUT2D eigenvalue weighted by Gasteiger charge is 2.28. The number of hydrogen-bond acceptors (Lipinski definition) is 3. The van der Waals surface area contributed by atoms with E-state index in [1.165, 1.54) is 0 Å². The third-order valence-corrected chi connectivity index (χ3v) is 2.86. The Morgan fingerprint density at radius 2 is 2.00 bits per heavy atom. The molecule has 0 bridgehead atoms. The van der Waals surface area contributed by atoms with Gasteiger partial charge in [0.25, 0.3) is 0 Å². The van der Waals surface area contributed by atoms with Gasteiger partial charge < -0.3 is 15.8 Å². The number of rotatable bonds is 1. The Balaban J connectivity index is 2.39. The minimum Gasteiger partial charge on any atom is -0.444 e. The first kappa shape index (κ1) is 13.3. The van der Waals surface area contributed by atoms with Gasteiger partial charge in [0.2, 0.25) is 0 Å². The Morgan fingerprint density at radius 1 is 1.38 bits per heavy atom. The maximum atomic E-state index is 11.6. The molecule has 1 unspecified atom stereocenters. The summed E-state index contributed by atoms with van der Waals surface area (Å²) >= 11 is 0. The third kappa shape index (κ3) is 4.39. The van der Waals surface area contributed by atoms with Crippen LogP contribution >= 0.6 is 0 Å². The number of hydrogen-bond donors (Lipinski definition) is 2. The zero-order valence-electron chi connectivity index (χ0n) is 10.7. The second kappa shape index (κ2) is 5.04. The molecule has 3 atom stereocenters. The largest absolute Gasteiger partial charge is 0.444 e. The van der Waals surface area contributed by atoms with E-state index in [1.807, 2.05) is 20.8 Å². The van der Waals surface area contributed by atoms with Crippen molar-refractivity contribution in [2.24, 2.45) is 11.7 Å². The van der Waals surface area contributed by atoms with Crippen molar-refractivity contribution in [3.8, 4) is 0 Å². The van der Waals surface area contributed by atoms with Gasteiger partial charge in [-0.2, -0.15) is 0 Å². The van der Waals surface area contributed by atoms with Crippen LogP contribution in [0.4, 0.5) is 4.79 Å². The second-order valence-corrected chi connectivity index (χ2v) is 5.83. The van der Waals surface area contributed by atoms with E-state index in [4.69, 9.17) is 10.5 Å². The summed E-state index contributed by atoms with van der Waals surface area (Å²) in [6, 6.07) is 0.113. The van der Waals surface area contributed by atoms with E-state index in [0.717, 1.165) is 19.3 Å². The number of nitrogens with one attached hydrogen (secondary N) is 1. The Labute approximate surface area is 97.9 Å². The molecule has 0 spiro atoms. The maximum Gasteiger partial charge on any atom is 0.407 e. The van der Waals surface area contributed by atoms with Crippen LogP contribution in [-0.2, 0) is 4.74 Å². The van der Waals surface area contributed by atoms with Crippen molar-refractivity contribution in [2.75, 3.05) is 0 Å². The lowest BCUT2D eigenvalue weighted by molar-refractivity contribution is 0.0479. The van der Waals surface area contributed by atoms with E-state index in [2.05, 4.69) is 12.2 Å². The molecule has 1 saturated carbocycles. The van der Waals surface area contributed by atoms with Crippen LogP contribution in [0.1, 0.15) is 47.0 Å². The molecule has 4 nitrogen and oxygen atoms in total. The summed E-state index contributed by atoms with van der Waals surface area (Å²) in [5, 5.41) is 2.86. The van der Waals surface area contributed by atoms with Crippen molar-refractivity contribution in [1.29, 1.82) is 0 Å². The molecule has 0 saturated heterocycles. The van der Waals surface area contributed by atoms with Crippen LogP contribution in [0.2, 0.25) is 0 Å². The molecule has 1 aliphatic rings. The van der Waals surface area contributed by atoms with E-state index in [1.54, 1.807) is 0 Å². The molecule has 1 fully saturated rings. The highest BCUT2D eigenvalue weighted by atomic mass is 16.6. The zero-order chi connectivity index (χ0) is 12.3. The van der Waals surface area contributed by atoms with Crippen LogP contribution in [0.3, 0.4) is 0 Å². The monoisotopic (exact) mass is 228 g/mol. The molecular weight excluding hydrogens is 204 g/mol. The molecule has 0 aliphatic heterocycles. The van der Waals surface area contributed by atoms with E-state index in [0.29, 0.717) is 5.92 Å². The third-order valence-electron chi connectivity index (χ3n) is 2.86. The van der Waals surface area contributed by atoms with Crippen molar-refractivity contribution >= 4 is 6.09 Å². The van der Waals surface area contributed by atoms with E-state index >= 15 is 0 Å². The lowest BCUT2D eigenvalue weighted by Gasteiger charge is -2.33. The first-order chi connectivity index (χ1) is 7.28. The number of alkyl carbamates (subject to hydrolysis) is 1. The first-order valence-electron chi connectivity index (χ1n) is 6.03. The fraction of sp³-hybridized carbons (Fsp3) is 0.917. The Kier molecular flexibility index (Phi) is 4.19. The van der Waals surface area contributed by atoms with Crippen molar-refractivity contribution in [1.82, 2.24) is 5.32 Å². The smallest absolute Gasteiger partial charge is 0.407 e. The van der Waals surface area contributed by atoms with Gasteiger partial charge in [-0.05, 0) is 46.0 Å². The molecule has 16 heavy (non-hydrogen) atoms. The van der Waals surface area contributed by atoms with Gasteiger partial charge >= 0.3 is 6.09 Å². The number of carbonyl (C=O) groups is 1. The lowest BCUT2D eigenvalue weighted by atomic mass is 9.84. The minimum atomic E-state index is -0.448. The summed E-state index contributed by atoms with van der Waals surface area (Å²) in [5.41, 5.74) is 5.56. The van der Waals surface area contributed by atoms with Crippen LogP contribution in [0.25, 0.3) is 0 Å².